The summed E-state index contributed by atoms with van der Waals surface area (Å²) in [6.45, 7) is 1.99. The standard InChI is InChI=1S/C16H15N5O/c1-12(13-5-4-8-17-9-13)19-20-16(22)10-21-11-18-14-6-2-3-7-15(14)21/h2-9,11H,10H2,1H3,(H,20,22). The van der Waals surface area contributed by atoms with E-state index in [4.69, 9.17) is 0 Å². The van der Waals surface area contributed by atoms with Crippen LogP contribution in [0.25, 0.3) is 11.0 Å². The second kappa shape index (κ2) is 6.17. The van der Waals surface area contributed by atoms with Crippen LogP contribution in [0.1, 0.15) is 12.5 Å². The minimum atomic E-state index is -0.202. The number of para-hydroxylation sites is 2. The molecule has 0 bridgehead atoms. The molecule has 3 aromatic rings. The van der Waals surface area contributed by atoms with Gasteiger partial charge in [0.2, 0.25) is 0 Å². The number of hydrogen-bond acceptors (Lipinski definition) is 4. The van der Waals surface area contributed by atoms with Crippen molar-refractivity contribution in [1.29, 1.82) is 0 Å². The minimum Gasteiger partial charge on any atom is -0.321 e. The van der Waals surface area contributed by atoms with Gasteiger partial charge in [-0.05, 0) is 25.1 Å². The third-order valence-corrected chi connectivity index (χ3v) is 3.27. The van der Waals surface area contributed by atoms with Crippen LogP contribution in [-0.2, 0) is 11.3 Å². The molecule has 6 heteroatoms. The maximum absolute atomic E-state index is 12.0. The van der Waals surface area contributed by atoms with Gasteiger partial charge in [0.25, 0.3) is 5.91 Å². The highest BCUT2D eigenvalue weighted by atomic mass is 16.2. The summed E-state index contributed by atoms with van der Waals surface area (Å²) in [5, 5.41) is 4.10. The zero-order chi connectivity index (χ0) is 15.4. The van der Waals surface area contributed by atoms with Crippen LogP contribution >= 0.6 is 0 Å². The summed E-state index contributed by atoms with van der Waals surface area (Å²) in [5.74, 6) is -0.202. The number of fused-ring (bicyclic) bond motifs is 1. The molecule has 1 aromatic carbocycles. The summed E-state index contributed by atoms with van der Waals surface area (Å²) in [4.78, 5) is 20.3. The molecule has 0 fully saturated rings. The summed E-state index contributed by atoms with van der Waals surface area (Å²) in [6, 6.07) is 11.4. The molecular formula is C16H15N5O. The smallest absolute Gasteiger partial charge is 0.260 e. The highest BCUT2D eigenvalue weighted by Crippen LogP contribution is 2.11. The van der Waals surface area contributed by atoms with Crippen molar-refractivity contribution in [2.45, 2.75) is 13.5 Å². The molecule has 110 valence electrons. The number of hydrogen-bond donors (Lipinski definition) is 1. The first-order chi connectivity index (χ1) is 10.7. The molecule has 6 nitrogen and oxygen atoms in total. The van der Waals surface area contributed by atoms with Crippen LogP contribution in [-0.4, -0.2) is 26.2 Å². The lowest BCUT2D eigenvalue weighted by atomic mass is 10.2. The monoisotopic (exact) mass is 293 g/mol. The van der Waals surface area contributed by atoms with Crippen LogP contribution in [0.15, 0.2) is 60.2 Å². The topological polar surface area (TPSA) is 72.2 Å². The quantitative estimate of drug-likeness (QED) is 0.590. The first-order valence-electron chi connectivity index (χ1n) is 6.87. The van der Waals surface area contributed by atoms with E-state index in [0.29, 0.717) is 5.71 Å². The summed E-state index contributed by atoms with van der Waals surface area (Å²) in [5.41, 5.74) is 5.92. The van der Waals surface area contributed by atoms with Gasteiger partial charge in [0.1, 0.15) is 6.54 Å². The molecule has 0 spiro atoms. The van der Waals surface area contributed by atoms with Crippen molar-refractivity contribution in [2.24, 2.45) is 5.10 Å². The number of pyridine rings is 1. The number of nitrogens with one attached hydrogen (secondary N) is 1. The average Bonchev–Trinajstić information content (AvgIpc) is 2.97. The van der Waals surface area contributed by atoms with Gasteiger partial charge in [0.05, 0.1) is 23.1 Å². The number of nitrogens with zero attached hydrogens (tertiary/aromatic N) is 4. The Hall–Kier alpha value is -3.02. The maximum atomic E-state index is 12.0. The normalized spacial score (nSPS) is 11.6. The molecule has 0 radical (unpaired) electrons. The number of aromatic nitrogens is 3. The lowest BCUT2D eigenvalue weighted by Crippen LogP contribution is -2.24. The van der Waals surface area contributed by atoms with E-state index in [0.717, 1.165) is 16.6 Å². The van der Waals surface area contributed by atoms with Gasteiger partial charge in [-0.25, -0.2) is 10.4 Å². The number of hydrazone groups is 1. The van der Waals surface area contributed by atoms with E-state index >= 15 is 0 Å². The van der Waals surface area contributed by atoms with E-state index in [1.165, 1.54) is 0 Å². The highest BCUT2D eigenvalue weighted by molar-refractivity contribution is 5.98. The van der Waals surface area contributed by atoms with E-state index in [2.05, 4.69) is 20.5 Å². The fourth-order valence-electron chi connectivity index (χ4n) is 2.11. The fraction of sp³-hybridized carbons (Fsp3) is 0.125. The minimum absolute atomic E-state index is 0.171. The number of carbonyl (C=O) groups is 1. The van der Waals surface area contributed by atoms with Gasteiger partial charge in [-0.2, -0.15) is 5.10 Å². The molecule has 0 aliphatic carbocycles. The Morgan fingerprint density at radius 2 is 2.14 bits per heavy atom. The average molecular weight is 293 g/mol. The van der Waals surface area contributed by atoms with Gasteiger partial charge >= 0.3 is 0 Å². The molecule has 2 heterocycles. The molecule has 0 saturated carbocycles. The van der Waals surface area contributed by atoms with Crippen LogP contribution < -0.4 is 5.43 Å². The molecule has 0 unspecified atom stereocenters. The van der Waals surface area contributed by atoms with Gasteiger partial charge in [0, 0.05) is 18.0 Å². The Morgan fingerprint density at radius 3 is 2.95 bits per heavy atom. The molecule has 1 amide bonds. The van der Waals surface area contributed by atoms with Crippen LogP contribution in [0.4, 0.5) is 0 Å². The number of amides is 1. The van der Waals surface area contributed by atoms with Gasteiger partial charge < -0.3 is 4.57 Å². The van der Waals surface area contributed by atoms with E-state index in [1.807, 2.05) is 43.3 Å². The van der Waals surface area contributed by atoms with Crippen molar-refractivity contribution in [3.8, 4) is 0 Å². The maximum Gasteiger partial charge on any atom is 0.260 e. The van der Waals surface area contributed by atoms with E-state index in [9.17, 15) is 4.79 Å². The fourth-order valence-corrected chi connectivity index (χ4v) is 2.11. The number of benzene rings is 1. The Morgan fingerprint density at radius 1 is 1.27 bits per heavy atom. The zero-order valence-electron chi connectivity index (χ0n) is 12.1. The predicted molar refractivity (Wildman–Crippen MR) is 84.3 cm³/mol. The molecule has 2 aromatic heterocycles. The highest BCUT2D eigenvalue weighted by Gasteiger charge is 2.06. The van der Waals surface area contributed by atoms with Crippen molar-refractivity contribution in [1.82, 2.24) is 20.0 Å². The molecule has 0 saturated heterocycles. The first kappa shape index (κ1) is 13.9. The molecule has 0 aliphatic rings. The molecular weight excluding hydrogens is 278 g/mol. The predicted octanol–water partition coefficient (Wildman–Crippen LogP) is 1.97. The van der Waals surface area contributed by atoms with Gasteiger partial charge in [-0.1, -0.05) is 18.2 Å². The Kier molecular flexibility index (Phi) is 3.91. The second-order valence-electron chi connectivity index (χ2n) is 4.84. The Labute approximate surface area is 127 Å². The van der Waals surface area contributed by atoms with Crippen LogP contribution in [0.3, 0.4) is 0 Å². The summed E-state index contributed by atoms with van der Waals surface area (Å²) < 4.78 is 1.79. The van der Waals surface area contributed by atoms with Crippen molar-refractivity contribution in [2.75, 3.05) is 0 Å². The molecule has 22 heavy (non-hydrogen) atoms. The van der Waals surface area contributed by atoms with Gasteiger partial charge in [0.15, 0.2) is 0 Å². The largest absolute Gasteiger partial charge is 0.321 e. The number of carbonyl (C=O) groups excluding carboxylic acids is 1. The zero-order valence-corrected chi connectivity index (χ0v) is 12.1. The summed E-state index contributed by atoms with van der Waals surface area (Å²) >= 11 is 0. The van der Waals surface area contributed by atoms with Gasteiger partial charge in [-0.3, -0.25) is 9.78 Å². The molecule has 0 atom stereocenters. The van der Waals surface area contributed by atoms with Crippen molar-refractivity contribution in [3.05, 3.63) is 60.7 Å². The SMILES string of the molecule is CC(=NNC(=O)Cn1cnc2ccccc21)c1cccnc1. The second-order valence-corrected chi connectivity index (χ2v) is 4.84. The summed E-state index contributed by atoms with van der Waals surface area (Å²) in [6.07, 6.45) is 5.05. The Bertz CT molecular complexity index is 823. The number of imidazole rings is 1. The molecule has 3 rings (SSSR count). The van der Waals surface area contributed by atoms with Crippen LogP contribution in [0.5, 0.6) is 0 Å². The number of rotatable bonds is 4. The molecule has 1 N–H and O–H groups in total. The van der Waals surface area contributed by atoms with Gasteiger partial charge in [-0.15, -0.1) is 0 Å². The lowest BCUT2D eigenvalue weighted by molar-refractivity contribution is -0.121. The van der Waals surface area contributed by atoms with E-state index in [-0.39, 0.29) is 12.5 Å². The molecule has 0 aliphatic heterocycles. The third-order valence-electron chi connectivity index (χ3n) is 3.27. The van der Waals surface area contributed by atoms with Crippen LogP contribution in [0.2, 0.25) is 0 Å². The first-order valence-corrected chi connectivity index (χ1v) is 6.87. The van der Waals surface area contributed by atoms with E-state index in [1.54, 1.807) is 23.3 Å². The van der Waals surface area contributed by atoms with E-state index < -0.39 is 0 Å². The van der Waals surface area contributed by atoms with Crippen molar-refractivity contribution < 1.29 is 4.79 Å². The van der Waals surface area contributed by atoms with Crippen LogP contribution in [0, 0.1) is 0 Å². The summed E-state index contributed by atoms with van der Waals surface area (Å²) in [7, 11) is 0. The van der Waals surface area contributed by atoms with Crippen molar-refractivity contribution in [3.63, 3.8) is 0 Å². The Balaban J connectivity index is 1.68. The van der Waals surface area contributed by atoms with Crippen molar-refractivity contribution >= 4 is 22.7 Å². The third kappa shape index (κ3) is 3.01. The lowest BCUT2D eigenvalue weighted by Gasteiger charge is -2.04.